The summed E-state index contributed by atoms with van der Waals surface area (Å²) >= 11 is 6.00. The number of aliphatic hydroxyl groups excluding tert-OH is 1. The van der Waals surface area contributed by atoms with Gasteiger partial charge < -0.3 is 14.8 Å². The van der Waals surface area contributed by atoms with Crippen molar-refractivity contribution in [2.75, 3.05) is 0 Å². The van der Waals surface area contributed by atoms with Gasteiger partial charge in [0.2, 0.25) is 0 Å². The number of halogens is 1. The van der Waals surface area contributed by atoms with Crippen LogP contribution in [-0.2, 0) is 19.9 Å². The molecule has 0 amide bonds. The number of hydrogen-bond donors (Lipinski definition) is 2. The Labute approximate surface area is 178 Å². The number of carboxylic acid groups (broad SMARTS) is 1. The van der Waals surface area contributed by atoms with Crippen LogP contribution < -0.4 is 0 Å². The Morgan fingerprint density at radius 3 is 2.33 bits per heavy atom. The van der Waals surface area contributed by atoms with E-state index in [0.717, 1.165) is 24.8 Å². The molecule has 0 radical (unpaired) electrons. The molecular formula is C23H22ClNO5. The molecule has 2 aliphatic rings. The van der Waals surface area contributed by atoms with Gasteiger partial charge in [0.05, 0.1) is 12.1 Å². The lowest BCUT2D eigenvalue weighted by Crippen LogP contribution is -2.48. The summed E-state index contributed by atoms with van der Waals surface area (Å²) in [5, 5.41) is 20.6. The molecule has 1 fully saturated rings. The third-order valence-corrected chi connectivity index (χ3v) is 6.39. The van der Waals surface area contributed by atoms with Crippen LogP contribution in [0.15, 0.2) is 42.1 Å². The molecule has 1 aromatic heterocycles. The SMILES string of the molecule is O=C(O)CCC(=O)C1=C(O)c2c(-c3ccc(Cl)cc3)ccn2C2(CCCCC2)C1=O. The molecule has 2 aromatic rings. The van der Waals surface area contributed by atoms with E-state index in [2.05, 4.69) is 0 Å². The molecule has 1 saturated carbocycles. The minimum atomic E-state index is -1.12. The summed E-state index contributed by atoms with van der Waals surface area (Å²) in [4.78, 5) is 37.3. The van der Waals surface area contributed by atoms with Gasteiger partial charge in [0, 0.05) is 23.2 Å². The van der Waals surface area contributed by atoms with Gasteiger partial charge >= 0.3 is 5.97 Å². The van der Waals surface area contributed by atoms with Gasteiger partial charge in [-0.15, -0.1) is 0 Å². The van der Waals surface area contributed by atoms with Crippen molar-refractivity contribution >= 4 is 34.9 Å². The fraction of sp³-hybridized carbons (Fsp3) is 0.348. The lowest BCUT2D eigenvalue weighted by molar-refractivity contribution is -0.138. The van der Waals surface area contributed by atoms with E-state index in [-0.39, 0.29) is 24.2 Å². The number of carbonyl (C=O) groups is 3. The van der Waals surface area contributed by atoms with Crippen LogP contribution in [0.5, 0.6) is 0 Å². The molecule has 2 N–H and O–H groups in total. The largest absolute Gasteiger partial charge is 0.505 e. The number of nitrogens with zero attached hydrogens (tertiary/aromatic N) is 1. The Kier molecular flexibility index (Phi) is 5.28. The molecule has 0 bridgehead atoms. The number of aliphatic carboxylic acids is 1. The number of benzene rings is 1. The monoisotopic (exact) mass is 427 g/mol. The van der Waals surface area contributed by atoms with Crippen molar-refractivity contribution in [3.8, 4) is 11.1 Å². The molecule has 0 atom stereocenters. The standard InChI is InChI=1S/C23H22ClNO5/c24-15-6-4-14(5-7-15)16-10-13-25-20(16)21(29)19(17(26)8-9-18(27)28)22(30)23(25)11-2-1-3-12-23/h4-7,10,13,29H,1-3,8-9,11-12H2,(H,27,28). The van der Waals surface area contributed by atoms with E-state index in [1.165, 1.54) is 0 Å². The molecule has 1 aromatic carbocycles. The lowest BCUT2D eigenvalue weighted by atomic mass is 9.72. The maximum Gasteiger partial charge on any atom is 0.303 e. The molecule has 0 saturated heterocycles. The van der Waals surface area contributed by atoms with Crippen molar-refractivity contribution in [2.45, 2.75) is 50.5 Å². The number of allylic oxidation sites excluding steroid dienone is 1. The maximum absolute atomic E-state index is 13.5. The molecule has 4 rings (SSSR count). The van der Waals surface area contributed by atoms with Crippen molar-refractivity contribution in [1.82, 2.24) is 4.57 Å². The zero-order chi connectivity index (χ0) is 21.5. The number of carboxylic acids is 1. The van der Waals surface area contributed by atoms with Crippen LogP contribution >= 0.6 is 11.6 Å². The number of aliphatic hydroxyl groups is 1. The van der Waals surface area contributed by atoms with Gasteiger partial charge in [0.1, 0.15) is 11.1 Å². The van der Waals surface area contributed by atoms with E-state index < -0.39 is 23.1 Å². The molecular weight excluding hydrogens is 406 g/mol. The van der Waals surface area contributed by atoms with Crippen LogP contribution in [0.2, 0.25) is 5.02 Å². The number of carbonyl (C=O) groups excluding carboxylic acids is 2. The lowest BCUT2D eigenvalue weighted by Gasteiger charge is -2.41. The average molecular weight is 428 g/mol. The first-order valence-corrected chi connectivity index (χ1v) is 10.4. The van der Waals surface area contributed by atoms with Gasteiger partial charge in [-0.1, -0.05) is 43.0 Å². The van der Waals surface area contributed by atoms with Crippen LogP contribution in [0.25, 0.3) is 16.9 Å². The first kappa shape index (κ1) is 20.4. The van der Waals surface area contributed by atoms with Crippen molar-refractivity contribution in [2.24, 2.45) is 0 Å². The highest BCUT2D eigenvalue weighted by atomic mass is 35.5. The summed E-state index contributed by atoms with van der Waals surface area (Å²) in [6, 6.07) is 8.96. The predicted molar refractivity (Wildman–Crippen MR) is 112 cm³/mol. The van der Waals surface area contributed by atoms with Crippen LogP contribution in [0.3, 0.4) is 0 Å². The van der Waals surface area contributed by atoms with Gasteiger partial charge in [-0.25, -0.2) is 0 Å². The zero-order valence-electron chi connectivity index (χ0n) is 16.4. The van der Waals surface area contributed by atoms with Crippen LogP contribution in [0, 0.1) is 0 Å². The summed E-state index contributed by atoms with van der Waals surface area (Å²) in [6.45, 7) is 0. The molecule has 6 nitrogen and oxygen atoms in total. The summed E-state index contributed by atoms with van der Waals surface area (Å²) in [5.41, 5.74) is 0.748. The van der Waals surface area contributed by atoms with E-state index in [0.29, 0.717) is 29.1 Å². The second-order valence-electron chi connectivity index (χ2n) is 7.92. The van der Waals surface area contributed by atoms with Gasteiger partial charge in [-0.3, -0.25) is 14.4 Å². The summed E-state index contributed by atoms with van der Waals surface area (Å²) in [5.74, 6) is -2.52. The smallest absolute Gasteiger partial charge is 0.303 e. The van der Waals surface area contributed by atoms with E-state index in [4.69, 9.17) is 16.7 Å². The second-order valence-corrected chi connectivity index (χ2v) is 8.35. The second kappa shape index (κ2) is 7.76. The van der Waals surface area contributed by atoms with Crippen molar-refractivity contribution in [1.29, 1.82) is 0 Å². The van der Waals surface area contributed by atoms with Gasteiger partial charge in [-0.05, 0) is 36.6 Å². The van der Waals surface area contributed by atoms with Crippen molar-refractivity contribution in [3.05, 3.63) is 52.8 Å². The number of ketones is 2. The van der Waals surface area contributed by atoms with Crippen molar-refractivity contribution < 1.29 is 24.6 Å². The Morgan fingerprint density at radius 1 is 1.03 bits per heavy atom. The number of hydrogen-bond acceptors (Lipinski definition) is 4. The van der Waals surface area contributed by atoms with Crippen LogP contribution in [-0.4, -0.2) is 32.3 Å². The Morgan fingerprint density at radius 2 is 1.70 bits per heavy atom. The summed E-state index contributed by atoms with van der Waals surface area (Å²) in [7, 11) is 0. The van der Waals surface area contributed by atoms with Crippen molar-refractivity contribution in [3.63, 3.8) is 0 Å². The first-order chi connectivity index (χ1) is 14.3. The maximum atomic E-state index is 13.5. The third kappa shape index (κ3) is 3.25. The molecule has 2 heterocycles. The molecule has 156 valence electrons. The Bertz CT molecular complexity index is 1060. The van der Waals surface area contributed by atoms with E-state index in [1.807, 2.05) is 22.8 Å². The number of aromatic nitrogens is 1. The molecule has 30 heavy (non-hydrogen) atoms. The number of Topliss-reactive ketones (excluding diaryl/α,β-unsaturated/α-hetero) is 2. The minimum Gasteiger partial charge on any atom is -0.505 e. The third-order valence-electron chi connectivity index (χ3n) is 6.14. The summed E-state index contributed by atoms with van der Waals surface area (Å²) in [6.07, 6.45) is 4.94. The average Bonchev–Trinajstić information content (AvgIpc) is 3.18. The zero-order valence-corrected chi connectivity index (χ0v) is 17.1. The highest BCUT2D eigenvalue weighted by Gasteiger charge is 2.49. The fourth-order valence-electron chi connectivity index (χ4n) is 4.67. The number of rotatable bonds is 5. The Hall–Kier alpha value is -2.86. The fourth-order valence-corrected chi connectivity index (χ4v) is 4.80. The van der Waals surface area contributed by atoms with E-state index in [9.17, 15) is 19.5 Å². The molecule has 1 spiro atoms. The molecule has 0 unspecified atom stereocenters. The quantitative estimate of drug-likeness (QED) is 0.671. The van der Waals surface area contributed by atoms with Gasteiger partial charge in [-0.2, -0.15) is 0 Å². The molecule has 1 aliphatic heterocycles. The summed E-state index contributed by atoms with van der Waals surface area (Å²) < 4.78 is 1.82. The highest BCUT2D eigenvalue weighted by molar-refractivity contribution is 6.30. The van der Waals surface area contributed by atoms with Gasteiger partial charge in [0.25, 0.3) is 0 Å². The van der Waals surface area contributed by atoms with Gasteiger partial charge in [0.15, 0.2) is 17.3 Å². The van der Waals surface area contributed by atoms with Crippen LogP contribution in [0.4, 0.5) is 0 Å². The predicted octanol–water partition coefficient (Wildman–Crippen LogP) is 4.75. The number of fused-ring (bicyclic) bond motifs is 2. The van der Waals surface area contributed by atoms with E-state index in [1.54, 1.807) is 18.3 Å². The topological polar surface area (TPSA) is 96.6 Å². The van der Waals surface area contributed by atoms with Crippen LogP contribution in [0.1, 0.15) is 50.6 Å². The first-order valence-electron chi connectivity index (χ1n) is 10.1. The minimum absolute atomic E-state index is 0.264. The van der Waals surface area contributed by atoms with E-state index >= 15 is 0 Å². The molecule has 1 aliphatic carbocycles. The molecule has 7 heteroatoms. The highest BCUT2D eigenvalue weighted by Crippen LogP contribution is 2.47. The Balaban J connectivity index is 1.90. The normalized spacial score (nSPS) is 17.8.